The fraction of sp³-hybridized carbons (Fsp3) is 0.238. The Morgan fingerprint density at radius 3 is 2.47 bits per heavy atom. The highest BCUT2D eigenvalue weighted by atomic mass is 19.4. The molecule has 0 aliphatic rings. The van der Waals surface area contributed by atoms with Gasteiger partial charge >= 0.3 is 23.5 Å². The fourth-order valence-corrected chi connectivity index (χ4v) is 3.36. The molecule has 0 aliphatic heterocycles. The second kappa shape index (κ2) is 9.29. The number of alkyl halides is 3. The van der Waals surface area contributed by atoms with E-state index in [0.717, 1.165) is 24.5 Å². The Kier molecular flexibility index (Phi) is 6.66. The van der Waals surface area contributed by atoms with Gasteiger partial charge in [0, 0.05) is 17.7 Å². The Labute approximate surface area is 189 Å². The molecule has 0 aliphatic carbocycles. The van der Waals surface area contributed by atoms with Crippen LogP contribution in [-0.2, 0) is 10.9 Å². The van der Waals surface area contributed by atoms with Gasteiger partial charge in [-0.1, -0.05) is 0 Å². The number of nitrogens with zero attached hydrogens (tertiary/aromatic N) is 2. The lowest BCUT2D eigenvalue weighted by atomic mass is 9.98. The fourth-order valence-electron chi connectivity index (χ4n) is 3.36. The molecular formula is C21H17F3N2O8. The van der Waals surface area contributed by atoms with E-state index >= 15 is 0 Å². The summed E-state index contributed by atoms with van der Waals surface area (Å²) in [5.41, 5.74) is -3.43. The normalized spacial score (nSPS) is 11.2. The number of carbonyl (C=O) groups is 1. The minimum atomic E-state index is -5.08. The molecule has 0 fully saturated rings. The largest absolute Gasteiger partial charge is 0.618 e. The molecule has 2 heterocycles. The van der Waals surface area contributed by atoms with Gasteiger partial charge in [0.2, 0.25) is 5.75 Å². The maximum absolute atomic E-state index is 13.6. The maximum atomic E-state index is 13.6. The molecule has 0 saturated heterocycles. The van der Waals surface area contributed by atoms with Gasteiger partial charge in [-0.2, -0.15) is 17.9 Å². The van der Waals surface area contributed by atoms with Crippen molar-refractivity contribution in [2.24, 2.45) is 0 Å². The highest BCUT2D eigenvalue weighted by molar-refractivity contribution is 6.03. The number of pyridine rings is 1. The maximum Gasteiger partial charge on any atom is 0.479 e. The number of nitro benzene ring substituents is 1. The molecular weight excluding hydrogens is 465 g/mol. The van der Waals surface area contributed by atoms with E-state index in [9.17, 15) is 33.3 Å². The molecule has 10 nitrogen and oxygen atoms in total. The van der Waals surface area contributed by atoms with E-state index < -0.39 is 50.1 Å². The Morgan fingerprint density at radius 1 is 1.21 bits per heavy atom. The quantitative estimate of drug-likeness (QED) is 0.160. The van der Waals surface area contributed by atoms with Gasteiger partial charge < -0.3 is 23.8 Å². The van der Waals surface area contributed by atoms with Crippen molar-refractivity contribution in [2.45, 2.75) is 13.1 Å². The summed E-state index contributed by atoms with van der Waals surface area (Å²) in [6.45, 7) is 1.35. The minimum Gasteiger partial charge on any atom is -0.618 e. The molecule has 0 unspecified atom stereocenters. The summed E-state index contributed by atoms with van der Waals surface area (Å²) in [4.78, 5) is 23.6. The molecule has 3 aromatic rings. The van der Waals surface area contributed by atoms with E-state index in [2.05, 4.69) is 0 Å². The van der Waals surface area contributed by atoms with E-state index in [1.807, 2.05) is 0 Å². The summed E-state index contributed by atoms with van der Waals surface area (Å²) in [6, 6.07) is 4.34. The molecule has 2 aromatic heterocycles. The molecule has 0 spiro atoms. The van der Waals surface area contributed by atoms with Crippen LogP contribution in [0, 0.1) is 15.3 Å². The number of hydrogen-bond acceptors (Lipinski definition) is 8. The number of halogens is 3. The van der Waals surface area contributed by atoms with Crippen molar-refractivity contribution < 1.29 is 46.2 Å². The molecule has 180 valence electrons. The molecule has 34 heavy (non-hydrogen) atoms. The van der Waals surface area contributed by atoms with Crippen LogP contribution >= 0.6 is 0 Å². The van der Waals surface area contributed by atoms with Gasteiger partial charge in [-0.3, -0.25) is 10.1 Å². The first-order valence-electron chi connectivity index (χ1n) is 9.54. The lowest BCUT2D eigenvalue weighted by Gasteiger charge is -2.13. The van der Waals surface area contributed by atoms with Gasteiger partial charge in [0.15, 0.2) is 17.7 Å². The number of ether oxygens (including phenoxy) is 3. The molecule has 13 heteroatoms. The van der Waals surface area contributed by atoms with Crippen molar-refractivity contribution in [3.8, 4) is 33.9 Å². The monoisotopic (exact) mass is 482 g/mol. The van der Waals surface area contributed by atoms with Gasteiger partial charge in [-0.25, -0.2) is 4.79 Å². The summed E-state index contributed by atoms with van der Waals surface area (Å²) in [5, 5.41) is 23.5. The number of benzene rings is 1. The predicted molar refractivity (Wildman–Crippen MR) is 109 cm³/mol. The van der Waals surface area contributed by atoms with Crippen molar-refractivity contribution >= 4 is 11.7 Å². The number of aromatic nitrogens is 1. The van der Waals surface area contributed by atoms with E-state index in [1.54, 1.807) is 0 Å². The number of hydrogen-bond donors (Lipinski definition) is 0. The zero-order valence-corrected chi connectivity index (χ0v) is 18.0. The van der Waals surface area contributed by atoms with Crippen molar-refractivity contribution in [3.63, 3.8) is 0 Å². The number of carbonyl (C=O) groups excluding carboxylic acids is 1. The molecule has 1 aromatic carbocycles. The number of rotatable bonds is 7. The summed E-state index contributed by atoms with van der Waals surface area (Å²) >= 11 is 0. The third kappa shape index (κ3) is 4.31. The van der Waals surface area contributed by atoms with Crippen LogP contribution in [-0.4, -0.2) is 31.7 Å². The second-order valence-electron chi connectivity index (χ2n) is 6.66. The van der Waals surface area contributed by atoms with Gasteiger partial charge in [-0.15, -0.1) is 0 Å². The Bertz CT molecular complexity index is 1250. The van der Waals surface area contributed by atoms with Crippen LogP contribution in [0.25, 0.3) is 22.5 Å². The predicted octanol–water partition coefficient (Wildman–Crippen LogP) is 4.37. The average molecular weight is 482 g/mol. The number of nitro groups is 1. The Morgan fingerprint density at radius 2 is 1.91 bits per heavy atom. The molecule has 0 amide bonds. The molecule has 0 atom stereocenters. The molecule has 0 radical (unpaired) electrons. The summed E-state index contributed by atoms with van der Waals surface area (Å²) in [5.74, 6) is -1.93. The standard InChI is InChI=1S/C21H17F3N2O8/c1-4-33-20(27)16-13(11-8-14(26(29)30)18(32-3)15(9-11)31-2)10-34-17(16)12-6-5-7-25(28)19(12)21(22,23)24/h5-10H,4H2,1-3H3. The Balaban J connectivity index is 2.37. The average Bonchev–Trinajstić information content (AvgIpc) is 3.22. The zero-order chi connectivity index (χ0) is 25.2. The van der Waals surface area contributed by atoms with Gasteiger partial charge in [0.05, 0.1) is 37.6 Å². The first-order chi connectivity index (χ1) is 16.0. The highest BCUT2D eigenvalue weighted by Crippen LogP contribution is 2.45. The first kappa shape index (κ1) is 24.4. The molecule has 3 rings (SSSR count). The highest BCUT2D eigenvalue weighted by Gasteiger charge is 2.45. The molecule has 0 bridgehead atoms. The van der Waals surface area contributed by atoms with E-state index in [-0.39, 0.29) is 29.2 Å². The third-order valence-electron chi connectivity index (χ3n) is 4.71. The van der Waals surface area contributed by atoms with Crippen molar-refractivity contribution in [1.82, 2.24) is 0 Å². The number of furan rings is 1. The third-order valence-corrected chi connectivity index (χ3v) is 4.71. The summed E-state index contributed by atoms with van der Waals surface area (Å²) < 4.78 is 61.0. The first-order valence-corrected chi connectivity index (χ1v) is 9.54. The smallest absolute Gasteiger partial charge is 0.479 e. The van der Waals surface area contributed by atoms with Crippen molar-refractivity contribution in [3.05, 3.63) is 63.3 Å². The van der Waals surface area contributed by atoms with E-state index in [0.29, 0.717) is 6.20 Å². The van der Waals surface area contributed by atoms with Crippen LogP contribution in [0.5, 0.6) is 11.5 Å². The second-order valence-corrected chi connectivity index (χ2v) is 6.66. The SMILES string of the molecule is CCOC(=O)c1c(-c2cc(OC)c(OC)c([N+](=O)[O-])c2)coc1-c1ccc[n+]([O-])c1C(F)(F)F. The lowest BCUT2D eigenvalue weighted by Crippen LogP contribution is -2.37. The van der Waals surface area contributed by atoms with Crippen LogP contribution in [0.4, 0.5) is 18.9 Å². The van der Waals surface area contributed by atoms with Gasteiger partial charge in [0.1, 0.15) is 5.56 Å². The zero-order valence-electron chi connectivity index (χ0n) is 18.0. The van der Waals surface area contributed by atoms with Crippen molar-refractivity contribution in [1.29, 1.82) is 0 Å². The van der Waals surface area contributed by atoms with Crippen LogP contribution in [0.2, 0.25) is 0 Å². The topological polar surface area (TPSA) is 128 Å². The van der Waals surface area contributed by atoms with Crippen LogP contribution in [0.3, 0.4) is 0 Å². The minimum absolute atomic E-state index is 0.00175. The number of esters is 1. The summed E-state index contributed by atoms with van der Waals surface area (Å²) in [6.07, 6.45) is -3.49. The lowest BCUT2D eigenvalue weighted by molar-refractivity contribution is -0.628. The van der Waals surface area contributed by atoms with E-state index in [4.69, 9.17) is 18.6 Å². The van der Waals surface area contributed by atoms with Crippen LogP contribution in [0.15, 0.2) is 41.1 Å². The van der Waals surface area contributed by atoms with Crippen LogP contribution in [0.1, 0.15) is 23.0 Å². The van der Waals surface area contributed by atoms with Gasteiger partial charge in [0.25, 0.3) is 0 Å². The van der Waals surface area contributed by atoms with E-state index in [1.165, 1.54) is 27.2 Å². The van der Waals surface area contributed by atoms with Crippen molar-refractivity contribution in [2.75, 3.05) is 20.8 Å². The Hall–Kier alpha value is -4.29. The van der Waals surface area contributed by atoms with Crippen LogP contribution < -0.4 is 14.2 Å². The number of methoxy groups -OCH3 is 2. The summed E-state index contributed by atoms with van der Waals surface area (Å²) in [7, 11) is 2.42. The molecule has 0 N–H and O–H groups in total. The van der Waals surface area contributed by atoms with Gasteiger partial charge in [-0.05, 0) is 24.6 Å². The molecule has 0 saturated carbocycles.